The van der Waals surface area contributed by atoms with Gasteiger partial charge in [0.25, 0.3) is 0 Å². The van der Waals surface area contributed by atoms with E-state index in [1.807, 2.05) is 13.8 Å². The van der Waals surface area contributed by atoms with E-state index in [4.69, 9.17) is 5.73 Å². The minimum atomic E-state index is -1.94. The predicted molar refractivity (Wildman–Crippen MR) is 86.0 cm³/mol. The standard InChI is InChI=1S/C16H32N2O4/c1-5-7-9-16(13(3)20,15(4,17)22)14(21)18(11-12-19)10-8-6-2/h19,22H,5-12,17H2,1-4H3. The SMILES string of the molecule is CCCCN(CCO)C(=O)C(CCCC)(C(C)=O)C(C)(N)O. The minimum absolute atomic E-state index is 0.135. The quantitative estimate of drug-likeness (QED) is 0.390. The molecule has 0 aromatic heterocycles. The van der Waals surface area contributed by atoms with E-state index < -0.39 is 22.8 Å². The van der Waals surface area contributed by atoms with E-state index in [1.54, 1.807) is 0 Å². The third kappa shape index (κ3) is 4.76. The highest BCUT2D eigenvalue weighted by molar-refractivity contribution is 6.06. The first-order valence-electron chi connectivity index (χ1n) is 8.11. The van der Waals surface area contributed by atoms with Crippen molar-refractivity contribution < 1.29 is 19.8 Å². The Kier molecular flexibility index (Phi) is 8.81. The second-order valence-electron chi connectivity index (χ2n) is 6.08. The summed E-state index contributed by atoms with van der Waals surface area (Å²) >= 11 is 0. The molecule has 0 aromatic carbocycles. The fourth-order valence-electron chi connectivity index (χ4n) is 2.76. The Morgan fingerprint density at radius 2 is 1.68 bits per heavy atom. The first-order valence-corrected chi connectivity index (χ1v) is 8.11. The summed E-state index contributed by atoms with van der Waals surface area (Å²) in [6, 6.07) is 0. The van der Waals surface area contributed by atoms with E-state index in [1.165, 1.54) is 18.7 Å². The summed E-state index contributed by atoms with van der Waals surface area (Å²) < 4.78 is 0. The Labute approximate surface area is 133 Å². The maximum absolute atomic E-state index is 13.0. The molecule has 1 amide bonds. The van der Waals surface area contributed by atoms with Crippen molar-refractivity contribution in [1.29, 1.82) is 0 Å². The molecule has 130 valence electrons. The number of nitrogens with zero attached hydrogens (tertiary/aromatic N) is 1. The van der Waals surface area contributed by atoms with Gasteiger partial charge in [-0.05, 0) is 26.7 Å². The van der Waals surface area contributed by atoms with Crippen LogP contribution in [0, 0.1) is 5.41 Å². The van der Waals surface area contributed by atoms with Gasteiger partial charge in [-0.25, -0.2) is 0 Å². The number of hydrogen-bond acceptors (Lipinski definition) is 5. The molecule has 0 aliphatic heterocycles. The van der Waals surface area contributed by atoms with Gasteiger partial charge in [0.05, 0.1) is 6.61 Å². The zero-order valence-corrected chi connectivity index (χ0v) is 14.4. The van der Waals surface area contributed by atoms with Crippen molar-refractivity contribution in [3.63, 3.8) is 0 Å². The van der Waals surface area contributed by atoms with Gasteiger partial charge in [-0.2, -0.15) is 0 Å². The van der Waals surface area contributed by atoms with Gasteiger partial charge >= 0.3 is 0 Å². The molecule has 6 heteroatoms. The van der Waals surface area contributed by atoms with Crippen molar-refractivity contribution >= 4 is 11.7 Å². The van der Waals surface area contributed by atoms with Crippen LogP contribution < -0.4 is 5.73 Å². The van der Waals surface area contributed by atoms with E-state index in [0.29, 0.717) is 13.0 Å². The third-order valence-corrected chi connectivity index (χ3v) is 4.17. The van der Waals surface area contributed by atoms with E-state index in [2.05, 4.69) is 0 Å². The van der Waals surface area contributed by atoms with E-state index in [9.17, 15) is 19.8 Å². The Bertz CT molecular complexity index is 366. The lowest BCUT2D eigenvalue weighted by molar-refractivity contribution is -0.168. The number of hydrogen-bond donors (Lipinski definition) is 3. The van der Waals surface area contributed by atoms with Crippen LogP contribution in [0.25, 0.3) is 0 Å². The Balaban J connectivity index is 5.70. The van der Waals surface area contributed by atoms with Crippen LogP contribution in [0.4, 0.5) is 0 Å². The maximum Gasteiger partial charge on any atom is 0.240 e. The Morgan fingerprint density at radius 3 is 2.05 bits per heavy atom. The van der Waals surface area contributed by atoms with Crippen molar-refractivity contribution in [3.8, 4) is 0 Å². The van der Waals surface area contributed by atoms with Crippen LogP contribution in [0.2, 0.25) is 0 Å². The van der Waals surface area contributed by atoms with E-state index >= 15 is 0 Å². The molecule has 0 aromatic rings. The molecule has 22 heavy (non-hydrogen) atoms. The fraction of sp³-hybridized carbons (Fsp3) is 0.875. The average molecular weight is 316 g/mol. The number of amides is 1. The van der Waals surface area contributed by atoms with Crippen LogP contribution in [0.15, 0.2) is 0 Å². The number of carbonyl (C=O) groups excluding carboxylic acids is 2. The second-order valence-corrected chi connectivity index (χ2v) is 6.08. The number of unbranched alkanes of at least 4 members (excludes halogenated alkanes) is 2. The summed E-state index contributed by atoms with van der Waals surface area (Å²) in [4.78, 5) is 26.7. The van der Waals surface area contributed by atoms with Crippen LogP contribution in [-0.4, -0.2) is 52.2 Å². The zero-order chi connectivity index (χ0) is 17.4. The molecule has 2 atom stereocenters. The van der Waals surface area contributed by atoms with Crippen molar-refractivity contribution in [2.45, 2.75) is 65.5 Å². The van der Waals surface area contributed by atoms with Gasteiger partial charge in [-0.15, -0.1) is 0 Å². The number of rotatable bonds is 11. The summed E-state index contributed by atoms with van der Waals surface area (Å²) in [6.07, 6.45) is 3.25. The van der Waals surface area contributed by atoms with Crippen LogP contribution in [0.5, 0.6) is 0 Å². The van der Waals surface area contributed by atoms with Crippen LogP contribution in [-0.2, 0) is 9.59 Å². The maximum atomic E-state index is 13.0. The van der Waals surface area contributed by atoms with E-state index in [-0.39, 0.29) is 19.6 Å². The molecule has 4 N–H and O–H groups in total. The van der Waals surface area contributed by atoms with Crippen LogP contribution in [0.1, 0.15) is 59.8 Å². The number of carbonyl (C=O) groups is 2. The van der Waals surface area contributed by atoms with E-state index in [0.717, 1.165) is 19.3 Å². The van der Waals surface area contributed by atoms with Crippen LogP contribution >= 0.6 is 0 Å². The van der Waals surface area contributed by atoms with Gasteiger partial charge in [-0.3, -0.25) is 9.59 Å². The first kappa shape index (κ1) is 21.0. The second kappa shape index (κ2) is 9.22. The molecular weight excluding hydrogens is 284 g/mol. The number of nitrogens with two attached hydrogens (primary N) is 1. The monoisotopic (exact) mass is 316 g/mol. The third-order valence-electron chi connectivity index (χ3n) is 4.17. The fourth-order valence-corrected chi connectivity index (χ4v) is 2.76. The smallest absolute Gasteiger partial charge is 0.240 e. The molecule has 0 aliphatic carbocycles. The average Bonchev–Trinajstić information content (AvgIpc) is 2.42. The highest BCUT2D eigenvalue weighted by Crippen LogP contribution is 2.37. The minimum Gasteiger partial charge on any atom is -0.395 e. The summed E-state index contributed by atoms with van der Waals surface area (Å²) in [5.74, 6) is -0.915. The van der Waals surface area contributed by atoms with Gasteiger partial charge < -0.3 is 20.8 Å². The number of ketones is 1. The molecule has 0 bridgehead atoms. The zero-order valence-electron chi connectivity index (χ0n) is 14.4. The van der Waals surface area contributed by atoms with Crippen molar-refractivity contribution in [2.24, 2.45) is 11.1 Å². The summed E-state index contributed by atoms with van der Waals surface area (Å²) in [6.45, 7) is 6.93. The Hall–Kier alpha value is -0.980. The molecule has 6 nitrogen and oxygen atoms in total. The predicted octanol–water partition coefficient (Wildman–Crippen LogP) is 1.04. The molecule has 0 spiro atoms. The van der Waals surface area contributed by atoms with Crippen molar-refractivity contribution in [3.05, 3.63) is 0 Å². The Morgan fingerprint density at radius 1 is 1.14 bits per heavy atom. The molecule has 0 fully saturated rings. The van der Waals surface area contributed by atoms with Gasteiger partial charge in [0.15, 0.2) is 0 Å². The normalized spacial score (nSPS) is 16.7. The van der Waals surface area contributed by atoms with Crippen LogP contribution in [0.3, 0.4) is 0 Å². The summed E-state index contributed by atoms with van der Waals surface area (Å²) in [5, 5.41) is 19.6. The lowest BCUT2D eigenvalue weighted by Crippen LogP contribution is -2.64. The van der Waals surface area contributed by atoms with Crippen molar-refractivity contribution in [2.75, 3.05) is 19.7 Å². The topological polar surface area (TPSA) is 104 Å². The molecule has 0 aliphatic rings. The largest absolute Gasteiger partial charge is 0.395 e. The molecule has 0 rings (SSSR count). The highest BCUT2D eigenvalue weighted by atomic mass is 16.3. The summed E-state index contributed by atoms with van der Waals surface area (Å²) in [5.41, 5.74) is 2.24. The number of Topliss-reactive ketones (excluding diaryl/α,β-unsaturated/α-hetero) is 1. The van der Waals surface area contributed by atoms with Gasteiger partial charge in [0, 0.05) is 13.1 Å². The summed E-state index contributed by atoms with van der Waals surface area (Å²) in [7, 11) is 0. The number of aliphatic hydroxyl groups excluding tert-OH is 1. The van der Waals surface area contributed by atoms with Gasteiger partial charge in [0.1, 0.15) is 16.9 Å². The first-order chi connectivity index (χ1) is 10.2. The lowest BCUT2D eigenvalue weighted by Gasteiger charge is -2.42. The molecule has 0 radical (unpaired) electrons. The molecule has 2 unspecified atom stereocenters. The molecule has 0 heterocycles. The highest BCUT2D eigenvalue weighted by Gasteiger charge is 2.55. The molecular formula is C16H32N2O4. The lowest BCUT2D eigenvalue weighted by atomic mass is 9.70. The molecule has 0 saturated heterocycles. The van der Waals surface area contributed by atoms with Crippen molar-refractivity contribution in [1.82, 2.24) is 4.90 Å². The van der Waals surface area contributed by atoms with Gasteiger partial charge in [-0.1, -0.05) is 33.1 Å². The number of aliphatic hydroxyl groups is 2. The van der Waals surface area contributed by atoms with Gasteiger partial charge in [0.2, 0.25) is 5.91 Å². The molecule has 0 saturated carbocycles.